The number of aromatic nitrogens is 2. The summed E-state index contributed by atoms with van der Waals surface area (Å²) in [5.74, 6) is 0. The van der Waals surface area contributed by atoms with Gasteiger partial charge in [0.25, 0.3) is 0 Å². The molecule has 1 heterocycles. The quantitative estimate of drug-likeness (QED) is 0.760. The molecule has 0 bridgehead atoms. The number of alkyl halides is 3. The lowest BCUT2D eigenvalue weighted by molar-refractivity contribution is -0.182. The first-order valence-electron chi connectivity index (χ1n) is 4.04. The highest BCUT2D eigenvalue weighted by atomic mass is 19.4. The molecule has 0 aliphatic heterocycles. The van der Waals surface area contributed by atoms with Gasteiger partial charge in [-0.1, -0.05) is 0 Å². The van der Waals surface area contributed by atoms with Crippen LogP contribution in [0.4, 0.5) is 13.2 Å². The fourth-order valence-corrected chi connectivity index (χ4v) is 1.05. The largest absolute Gasteiger partial charge is 0.411 e. The molecule has 1 rings (SSSR count). The summed E-state index contributed by atoms with van der Waals surface area (Å²) in [6.45, 7) is 2.12. The zero-order valence-corrected chi connectivity index (χ0v) is 7.93. The number of hydrogen-bond acceptors (Lipinski definition) is 2. The van der Waals surface area contributed by atoms with Gasteiger partial charge in [0.05, 0.1) is 5.69 Å². The summed E-state index contributed by atoms with van der Waals surface area (Å²) in [6, 6.07) is 1.77. The van der Waals surface area contributed by atoms with Crippen LogP contribution in [0.25, 0.3) is 0 Å². The van der Waals surface area contributed by atoms with Crippen molar-refractivity contribution in [2.24, 2.45) is 0 Å². The Hall–Kier alpha value is -1.04. The van der Waals surface area contributed by atoms with Gasteiger partial charge in [-0.05, 0) is 19.9 Å². The first-order valence-corrected chi connectivity index (χ1v) is 4.04. The highest BCUT2D eigenvalue weighted by Gasteiger charge is 2.27. The molecular weight excluding hydrogens is 197 g/mol. The third-order valence-electron chi connectivity index (χ3n) is 1.58. The molecule has 0 atom stereocenters. The molecule has 6 heteroatoms. The monoisotopic (exact) mass is 208 g/mol. The van der Waals surface area contributed by atoms with Gasteiger partial charge in [-0.2, -0.15) is 18.3 Å². The van der Waals surface area contributed by atoms with E-state index in [0.717, 1.165) is 11.4 Å². The molecule has 1 aromatic heterocycles. The van der Waals surface area contributed by atoms with E-state index in [-0.39, 0.29) is 6.73 Å². The maximum absolute atomic E-state index is 11.7. The van der Waals surface area contributed by atoms with E-state index in [1.54, 1.807) is 19.9 Å². The van der Waals surface area contributed by atoms with Gasteiger partial charge in [0.1, 0.15) is 13.3 Å². The van der Waals surface area contributed by atoms with Gasteiger partial charge in [0.15, 0.2) is 0 Å². The van der Waals surface area contributed by atoms with Gasteiger partial charge in [-0.15, -0.1) is 0 Å². The topological polar surface area (TPSA) is 27.1 Å². The van der Waals surface area contributed by atoms with Gasteiger partial charge < -0.3 is 4.74 Å². The third-order valence-corrected chi connectivity index (χ3v) is 1.58. The molecule has 3 nitrogen and oxygen atoms in total. The molecule has 0 unspecified atom stereocenters. The molecule has 0 aromatic carbocycles. The van der Waals surface area contributed by atoms with E-state index in [9.17, 15) is 13.2 Å². The number of aryl methyl sites for hydroxylation is 2. The van der Waals surface area contributed by atoms with E-state index in [4.69, 9.17) is 0 Å². The lowest BCUT2D eigenvalue weighted by Crippen LogP contribution is -2.19. The van der Waals surface area contributed by atoms with Crippen molar-refractivity contribution in [1.82, 2.24) is 9.78 Å². The molecule has 0 amide bonds. The average Bonchev–Trinajstić information content (AvgIpc) is 2.27. The summed E-state index contributed by atoms with van der Waals surface area (Å²) in [5.41, 5.74) is 1.54. The minimum absolute atomic E-state index is 0.167. The molecule has 0 fully saturated rings. The molecule has 0 N–H and O–H groups in total. The first kappa shape index (κ1) is 11.0. The van der Waals surface area contributed by atoms with Crippen molar-refractivity contribution in [2.75, 3.05) is 6.61 Å². The molecule has 80 valence electrons. The van der Waals surface area contributed by atoms with Crippen LogP contribution in [0.3, 0.4) is 0 Å². The van der Waals surface area contributed by atoms with Gasteiger partial charge in [-0.25, -0.2) is 4.68 Å². The molecule has 0 saturated heterocycles. The Balaban J connectivity index is 2.42. The van der Waals surface area contributed by atoms with Crippen LogP contribution in [-0.4, -0.2) is 22.6 Å². The van der Waals surface area contributed by atoms with Crippen LogP contribution in [-0.2, 0) is 11.5 Å². The summed E-state index contributed by atoms with van der Waals surface area (Å²) in [7, 11) is 0. The number of rotatable bonds is 3. The highest BCUT2D eigenvalue weighted by Crippen LogP contribution is 2.14. The van der Waals surface area contributed by atoms with Crippen molar-refractivity contribution >= 4 is 0 Å². The van der Waals surface area contributed by atoms with Gasteiger partial charge >= 0.3 is 6.18 Å². The summed E-state index contributed by atoms with van der Waals surface area (Å²) in [6.07, 6.45) is -4.28. The Morgan fingerprint density at radius 3 is 2.50 bits per heavy atom. The SMILES string of the molecule is Cc1cc(C)n(COCC(F)(F)F)n1. The van der Waals surface area contributed by atoms with Crippen LogP contribution in [0.2, 0.25) is 0 Å². The molecule has 0 spiro atoms. The van der Waals surface area contributed by atoms with E-state index >= 15 is 0 Å². The molecule has 0 aliphatic rings. The molecular formula is C8H11F3N2O. The number of hydrogen-bond donors (Lipinski definition) is 0. The minimum atomic E-state index is -4.28. The lowest BCUT2D eigenvalue weighted by Gasteiger charge is -2.08. The first-order chi connectivity index (χ1) is 6.38. The molecule has 1 aromatic rings. The Morgan fingerprint density at radius 2 is 2.07 bits per heavy atom. The van der Waals surface area contributed by atoms with Gasteiger partial charge in [0, 0.05) is 5.69 Å². The van der Waals surface area contributed by atoms with Crippen LogP contribution in [0.5, 0.6) is 0 Å². The molecule has 0 aliphatic carbocycles. The molecule has 0 radical (unpaired) electrons. The van der Waals surface area contributed by atoms with Crippen molar-refractivity contribution in [2.45, 2.75) is 26.8 Å². The number of nitrogens with zero attached hydrogens (tertiary/aromatic N) is 2. The highest BCUT2D eigenvalue weighted by molar-refractivity contribution is 5.05. The van der Waals surface area contributed by atoms with Crippen LogP contribution in [0.1, 0.15) is 11.4 Å². The molecule has 14 heavy (non-hydrogen) atoms. The van der Waals surface area contributed by atoms with Gasteiger partial charge in [0.2, 0.25) is 0 Å². The smallest absolute Gasteiger partial charge is 0.350 e. The number of ether oxygens (including phenoxy) is 1. The van der Waals surface area contributed by atoms with Crippen LogP contribution < -0.4 is 0 Å². The van der Waals surface area contributed by atoms with Crippen LogP contribution in [0, 0.1) is 13.8 Å². The second-order valence-corrected chi connectivity index (χ2v) is 3.02. The van der Waals surface area contributed by atoms with Crippen LogP contribution in [0.15, 0.2) is 6.07 Å². The van der Waals surface area contributed by atoms with Crippen molar-refractivity contribution in [3.63, 3.8) is 0 Å². The van der Waals surface area contributed by atoms with Crippen molar-refractivity contribution < 1.29 is 17.9 Å². The Morgan fingerprint density at radius 1 is 1.43 bits per heavy atom. The van der Waals surface area contributed by atoms with E-state index in [1.807, 2.05) is 0 Å². The standard InChI is InChI=1S/C8H11F3N2O/c1-6-3-7(2)13(12-6)5-14-4-8(9,10)11/h3H,4-5H2,1-2H3. The minimum Gasteiger partial charge on any atom is -0.350 e. The van der Waals surface area contributed by atoms with E-state index in [2.05, 4.69) is 9.84 Å². The summed E-state index contributed by atoms with van der Waals surface area (Å²) in [5, 5.41) is 3.95. The summed E-state index contributed by atoms with van der Waals surface area (Å²) < 4.78 is 41.0. The lowest BCUT2D eigenvalue weighted by atomic mass is 10.4. The van der Waals surface area contributed by atoms with Crippen molar-refractivity contribution in [1.29, 1.82) is 0 Å². The van der Waals surface area contributed by atoms with Crippen LogP contribution >= 0.6 is 0 Å². The fourth-order valence-electron chi connectivity index (χ4n) is 1.05. The summed E-state index contributed by atoms with van der Waals surface area (Å²) in [4.78, 5) is 0. The zero-order valence-electron chi connectivity index (χ0n) is 7.93. The predicted molar refractivity (Wildman–Crippen MR) is 43.7 cm³/mol. The second kappa shape index (κ2) is 4.00. The Kier molecular flexibility index (Phi) is 3.15. The van der Waals surface area contributed by atoms with Crippen molar-refractivity contribution in [3.8, 4) is 0 Å². The maximum atomic E-state index is 11.7. The van der Waals surface area contributed by atoms with E-state index in [1.165, 1.54) is 4.68 Å². The van der Waals surface area contributed by atoms with E-state index < -0.39 is 12.8 Å². The molecule has 0 saturated carbocycles. The number of halogens is 3. The Bertz CT molecular complexity index is 306. The predicted octanol–water partition coefficient (Wildman–Crippen LogP) is 2.04. The zero-order chi connectivity index (χ0) is 10.8. The fraction of sp³-hybridized carbons (Fsp3) is 0.625. The van der Waals surface area contributed by atoms with Crippen molar-refractivity contribution in [3.05, 3.63) is 17.5 Å². The Labute approximate surface area is 79.5 Å². The summed E-state index contributed by atoms with van der Waals surface area (Å²) >= 11 is 0. The second-order valence-electron chi connectivity index (χ2n) is 3.02. The van der Waals surface area contributed by atoms with Gasteiger partial charge in [-0.3, -0.25) is 0 Å². The van der Waals surface area contributed by atoms with E-state index in [0.29, 0.717) is 0 Å². The normalized spacial score (nSPS) is 12.1. The average molecular weight is 208 g/mol. The third kappa shape index (κ3) is 3.37. The maximum Gasteiger partial charge on any atom is 0.411 e.